The fraction of sp³-hybridized carbons (Fsp3) is 0.630. The summed E-state index contributed by atoms with van der Waals surface area (Å²) in [6, 6.07) is 9.67. The van der Waals surface area contributed by atoms with Crippen LogP contribution in [-0.2, 0) is 25.7 Å². The third-order valence-corrected chi connectivity index (χ3v) is 7.00. The molecule has 0 aromatic heterocycles. The minimum atomic E-state index is -1.08. The summed E-state index contributed by atoms with van der Waals surface area (Å²) in [7, 11) is 0. The Morgan fingerprint density at radius 2 is 1.70 bits per heavy atom. The molecule has 1 aliphatic rings. The van der Waals surface area contributed by atoms with E-state index in [0.29, 0.717) is 12.8 Å². The van der Waals surface area contributed by atoms with Crippen LogP contribution in [0.5, 0.6) is 0 Å². The number of esters is 1. The molecule has 2 N–H and O–H groups in total. The molecule has 0 saturated carbocycles. The Kier molecular flexibility index (Phi) is 9.83. The summed E-state index contributed by atoms with van der Waals surface area (Å²) in [6.45, 7) is 11.0. The van der Waals surface area contributed by atoms with Crippen LogP contribution in [-0.4, -0.2) is 45.9 Å². The first kappa shape index (κ1) is 27.2. The van der Waals surface area contributed by atoms with Gasteiger partial charge in [-0.2, -0.15) is 0 Å². The highest BCUT2D eigenvalue weighted by molar-refractivity contribution is 5.91. The monoisotopic (exact) mass is 460 g/mol. The van der Waals surface area contributed by atoms with Crippen molar-refractivity contribution >= 4 is 11.8 Å². The normalized spacial score (nSPS) is 37.8. The maximum Gasteiger partial charge on any atom is 0.311 e. The van der Waals surface area contributed by atoms with Gasteiger partial charge in [-0.05, 0) is 50.3 Å². The van der Waals surface area contributed by atoms with Crippen molar-refractivity contribution in [2.75, 3.05) is 0 Å². The summed E-state index contributed by atoms with van der Waals surface area (Å²) in [5.74, 6) is -2.54. The molecule has 6 nitrogen and oxygen atoms in total. The van der Waals surface area contributed by atoms with Crippen molar-refractivity contribution in [3.8, 4) is 0 Å². The zero-order valence-corrected chi connectivity index (χ0v) is 20.7. The van der Waals surface area contributed by atoms with E-state index in [2.05, 4.69) is 0 Å². The molecule has 1 aliphatic heterocycles. The fourth-order valence-electron chi connectivity index (χ4n) is 4.45. The molecule has 0 saturated heterocycles. The molecule has 1 heterocycles. The van der Waals surface area contributed by atoms with Gasteiger partial charge >= 0.3 is 5.97 Å². The summed E-state index contributed by atoms with van der Waals surface area (Å²) in [6.07, 6.45) is 1.55. The Balaban J connectivity index is 2.41. The van der Waals surface area contributed by atoms with E-state index < -0.39 is 41.7 Å². The summed E-state index contributed by atoms with van der Waals surface area (Å²) >= 11 is 0. The van der Waals surface area contributed by atoms with Gasteiger partial charge in [0.15, 0.2) is 5.78 Å². The predicted octanol–water partition coefficient (Wildman–Crippen LogP) is 4.08. The van der Waals surface area contributed by atoms with Crippen molar-refractivity contribution in [3.05, 3.63) is 48.0 Å². The molecule has 0 aliphatic carbocycles. The molecule has 2 rings (SSSR count). The van der Waals surface area contributed by atoms with E-state index in [-0.39, 0.29) is 24.2 Å². The van der Waals surface area contributed by atoms with Crippen molar-refractivity contribution in [1.29, 1.82) is 0 Å². The first-order valence-corrected chi connectivity index (χ1v) is 12.0. The summed E-state index contributed by atoms with van der Waals surface area (Å²) < 4.78 is 12.1. The molecule has 33 heavy (non-hydrogen) atoms. The van der Waals surface area contributed by atoms with Crippen molar-refractivity contribution in [3.63, 3.8) is 0 Å². The minimum absolute atomic E-state index is 0.0802. The average molecular weight is 461 g/mol. The number of allylic oxidation sites excluding steroid dienone is 1. The molecular weight excluding hydrogens is 420 g/mol. The number of rotatable bonds is 4. The topological polar surface area (TPSA) is 93.1 Å². The Labute approximate surface area is 198 Å². The van der Waals surface area contributed by atoms with Gasteiger partial charge in [0.1, 0.15) is 11.7 Å². The molecular formula is C27H40O6. The van der Waals surface area contributed by atoms with Crippen LogP contribution in [0.4, 0.5) is 0 Å². The van der Waals surface area contributed by atoms with E-state index in [0.717, 1.165) is 5.56 Å². The number of benzene rings is 1. The summed E-state index contributed by atoms with van der Waals surface area (Å²) in [5.41, 5.74) is -0.0749. The highest BCUT2D eigenvalue weighted by Gasteiger charge is 2.40. The average Bonchev–Trinajstić information content (AvgIpc) is 2.82. The lowest BCUT2D eigenvalue weighted by molar-refractivity contribution is -0.176. The number of hydrogen-bond acceptors (Lipinski definition) is 6. The number of aliphatic hydroxyl groups is 2. The Bertz CT molecular complexity index is 806. The lowest BCUT2D eigenvalue weighted by Gasteiger charge is -2.37. The number of carbonyl (C=O) groups excluding carboxylic acids is 2. The standard InChI is InChI=1S/C27H40O6/c1-7-23-27(6,32-16-21-11-9-8-10-12-21)14-13-22(28)17(2)15-18(3)24(29)19(4)25(30)20(5)26(31)33-23/h8-14,17-20,23-25,29-30H,7,15-16H2,1-6H3/b14-13+/t17-,18+,19-,20-,23-,24+,25+,27+/m1/s1. The molecule has 0 amide bonds. The molecule has 0 radical (unpaired) electrons. The van der Waals surface area contributed by atoms with Gasteiger partial charge in [0.25, 0.3) is 0 Å². The van der Waals surface area contributed by atoms with Gasteiger partial charge in [0, 0.05) is 11.8 Å². The van der Waals surface area contributed by atoms with Crippen LogP contribution >= 0.6 is 0 Å². The Morgan fingerprint density at radius 3 is 2.30 bits per heavy atom. The number of carbonyl (C=O) groups is 2. The smallest absolute Gasteiger partial charge is 0.311 e. The minimum Gasteiger partial charge on any atom is -0.459 e. The Hall–Kier alpha value is -2.02. The molecule has 1 aromatic carbocycles. The zero-order valence-electron chi connectivity index (χ0n) is 20.7. The van der Waals surface area contributed by atoms with Crippen LogP contribution in [0.1, 0.15) is 59.9 Å². The van der Waals surface area contributed by atoms with Gasteiger partial charge in [-0.25, -0.2) is 0 Å². The zero-order chi connectivity index (χ0) is 24.8. The quantitative estimate of drug-likeness (QED) is 0.658. The molecule has 8 atom stereocenters. The van der Waals surface area contributed by atoms with E-state index in [9.17, 15) is 19.8 Å². The predicted molar refractivity (Wildman–Crippen MR) is 127 cm³/mol. The maximum absolute atomic E-state index is 13.0. The SMILES string of the molecule is CC[C@H]1OC(=O)[C@H](C)[C@@H](O)[C@H](C)[C@@H](O)[C@@H](C)C[C@@H](C)C(=O)/C=C/[C@]1(C)OCc1ccccc1. The second-order valence-corrected chi connectivity index (χ2v) is 9.77. The van der Waals surface area contributed by atoms with Crippen molar-refractivity contribution in [2.45, 2.75) is 84.9 Å². The van der Waals surface area contributed by atoms with E-state index in [1.807, 2.05) is 58.0 Å². The summed E-state index contributed by atoms with van der Waals surface area (Å²) in [5, 5.41) is 21.5. The van der Waals surface area contributed by atoms with Crippen molar-refractivity contribution < 1.29 is 29.3 Å². The number of hydrogen-bond donors (Lipinski definition) is 2. The van der Waals surface area contributed by atoms with Crippen LogP contribution in [0.25, 0.3) is 0 Å². The second-order valence-electron chi connectivity index (χ2n) is 9.77. The Morgan fingerprint density at radius 1 is 1.06 bits per heavy atom. The highest BCUT2D eigenvalue weighted by atomic mass is 16.6. The lowest BCUT2D eigenvalue weighted by Crippen LogP contribution is -2.46. The maximum atomic E-state index is 13.0. The van der Waals surface area contributed by atoms with Crippen molar-refractivity contribution in [1.82, 2.24) is 0 Å². The van der Waals surface area contributed by atoms with E-state index in [4.69, 9.17) is 9.47 Å². The van der Waals surface area contributed by atoms with Crippen molar-refractivity contribution in [2.24, 2.45) is 23.7 Å². The molecule has 0 bridgehead atoms. The van der Waals surface area contributed by atoms with E-state index in [1.54, 1.807) is 19.9 Å². The second kappa shape index (κ2) is 11.9. The number of ether oxygens (including phenoxy) is 2. The van der Waals surface area contributed by atoms with Crippen LogP contribution < -0.4 is 0 Å². The number of cyclic esters (lactones) is 1. The van der Waals surface area contributed by atoms with Crippen LogP contribution in [0, 0.1) is 23.7 Å². The lowest BCUT2D eigenvalue weighted by atomic mass is 9.80. The molecule has 1 aromatic rings. The fourth-order valence-corrected chi connectivity index (χ4v) is 4.45. The molecule has 6 heteroatoms. The third-order valence-electron chi connectivity index (χ3n) is 7.00. The molecule has 0 fully saturated rings. The van der Waals surface area contributed by atoms with Gasteiger partial charge in [-0.1, -0.05) is 58.0 Å². The molecule has 184 valence electrons. The third kappa shape index (κ3) is 6.98. The van der Waals surface area contributed by atoms with Gasteiger partial charge in [0.2, 0.25) is 0 Å². The number of ketones is 1. The van der Waals surface area contributed by atoms with E-state index >= 15 is 0 Å². The largest absolute Gasteiger partial charge is 0.459 e. The molecule has 0 spiro atoms. The van der Waals surface area contributed by atoms with Gasteiger partial charge in [-0.3, -0.25) is 9.59 Å². The first-order valence-electron chi connectivity index (χ1n) is 12.0. The van der Waals surface area contributed by atoms with Crippen LogP contribution in [0.15, 0.2) is 42.5 Å². The van der Waals surface area contributed by atoms with E-state index in [1.165, 1.54) is 6.08 Å². The van der Waals surface area contributed by atoms with Gasteiger partial charge < -0.3 is 19.7 Å². The van der Waals surface area contributed by atoms with Crippen LogP contribution in [0.3, 0.4) is 0 Å². The highest BCUT2D eigenvalue weighted by Crippen LogP contribution is 2.30. The number of aliphatic hydroxyl groups excluding tert-OH is 2. The van der Waals surface area contributed by atoms with Gasteiger partial charge in [0.05, 0.1) is 24.7 Å². The molecule has 0 unspecified atom stereocenters. The first-order chi connectivity index (χ1) is 15.5. The summed E-state index contributed by atoms with van der Waals surface area (Å²) in [4.78, 5) is 25.8. The van der Waals surface area contributed by atoms with Crippen LogP contribution in [0.2, 0.25) is 0 Å². The van der Waals surface area contributed by atoms with Gasteiger partial charge in [-0.15, -0.1) is 0 Å².